The first-order valence-corrected chi connectivity index (χ1v) is 12.7. The van der Waals surface area contributed by atoms with Gasteiger partial charge in [0.25, 0.3) is 0 Å². The number of hydrogen-bond donors (Lipinski definition) is 0. The molecule has 0 saturated carbocycles. The molecule has 0 saturated heterocycles. The largest absolute Gasteiger partial charge is 0.371 e. The average Bonchev–Trinajstić information content (AvgIpc) is 3.18. The molecule has 4 rings (SSSR count). The summed E-state index contributed by atoms with van der Waals surface area (Å²) in [5.41, 5.74) is 4.92. The van der Waals surface area contributed by atoms with Gasteiger partial charge in [-0.05, 0) is 61.0 Å². The van der Waals surface area contributed by atoms with E-state index in [1.54, 1.807) is 17.6 Å². The van der Waals surface area contributed by atoms with E-state index < -0.39 is 0 Å². The Bertz CT molecular complexity index is 1320. The van der Waals surface area contributed by atoms with Crippen LogP contribution in [0.5, 0.6) is 0 Å². The third-order valence-corrected chi connectivity index (χ3v) is 6.65. The maximum absolute atomic E-state index is 4.38. The molecule has 0 atom stereocenters. The molecule has 4 aromatic rings. The van der Waals surface area contributed by atoms with Crippen molar-refractivity contribution in [3.63, 3.8) is 0 Å². The van der Waals surface area contributed by atoms with Crippen LogP contribution in [0.1, 0.15) is 12.5 Å². The Morgan fingerprint density at radius 1 is 0.939 bits per heavy atom. The minimum Gasteiger partial charge on any atom is -0.371 e. The van der Waals surface area contributed by atoms with Gasteiger partial charge in [-0.3, -0.25) is 0 Å². The summed E-state index contributed by atoms with van der Waals surface area (Å²) in [7, 11) is 2.00. The Labute approximate surface area is 205 Å². The highest BCUT2D eigenvalue weighted by Crippen LogP contribution is 2.22. The molecule has 6 nitrogen and oxygen atoms in total. The molecule has 0 spiro atoms. The quantitative estimate of drug-likeness (QED) is 0.109. The number of azo groups is 1. The number of hydrogen-bond acceptors (Lipinski definition) is 6. The van der Waals surface area contributed by atoms with E-state index in [9.17, 15) is 0 Å². The minimum atomic E-state index is 0.790. The number of aryl methyl sites for hydroxylation is 1. The van der Waals surface area contributed by atoms with Gasteiger partial charge < -0.3 is 9.47 Å². The third-order valence-electron chi connectivity index (χ3n) is 5.19. The van der Waals surface area contributed by atoms with E-state index in [1.807, 2.05) is 55.6 Å². The molecule has 0 N–H and O–H groups in total. The highest BCUT2D eigenvalue weighted by atomic mass is 79.9. The monoisotopic (exact) mass is 520 g/mol. The molecule has 0 unspecified atom stereocenters. The Kier molecular flexibility index (Phi) is 7.80. The van der Waals surface area contributed by atoms with E-state index >= 15 is 0 Å². The molecule has 0 bridgehead atoms. The van der Waals surface area contributed by atoms with Gasteiger partial charge in [0, 0.05) is 31.2 Å². The Morgan fingerprint density at radius 2 is 1.61 bits per heavy atom. The van der Waals surface area contributed by atoms with E-state index in [1.165, 1.54) is 10.4 Å². The van der Waals surface area contributed by atoms with Crippen LogP contribution in [0, 0.1) is 0 Å². The lowest BCUT2D eigenvalue weighted by atomic mass is 10.2. The van der Waals surface area contributed by atoms with Gasteiger partial charge in [-0.25, -0.2) is 0 Å². The highest BCUT2D eigenvalue weighted by molar-refractivity contribution is 9.09. The smallest absolute Gasteiger partial charge is 0.211 e. The second kappa shape index (κ2) is 11.2. The maximum atomic E-state index is 4.38. The zero-order valence-corrected chi connectivity index (χ0v) is 21.0. The SMILES string of the molecule is CCN(CCBr)c1ccc(N=Nc2ccc(C=NN=c3sc4ccccc4n3C)cc2)cc1. The van der Waals surface area contributed by atoms with Crippen molar-refractivity contribution in [1.82, 2.24) is 4.57 Å². The summed E-state index contributed by atoms with van der Waals surface area (Å²) in [5, 5.41) is 18.3. The van der Waals surface area contributed by atoms with Crippen LogP contribution in [0.15, 0.2) is 93.2 Å². The predicted molar refractivity (Wildman–Crippen MR) is 143 cm³/mol. The molecular formula is C25H25BrN6S. The predicted octanol–water partition coefficient (Wildman–Crippen LogP) is 6.81. The van der Waals surface area contributed by atoms with Crippen LogP contribution >= 0.6 is 27.3 Å². The molecule has 1 heterocycles. The van der Waals surface area contributed by atoms with Gasteiger partial charge in [-0.1, -0.05) is 51.5 Å². The molecule has 1 aromatic heterocycles. The maximum Gasteiger partial charge on any atom is 0.211 e. The van der Waals surface area contributed by atoms with E-state index in [-0.39, 0.29) is 0 Å². The van der Waals surface area contributed by atoms with Gasteiger partial charge in [-0.15, -0.1) is 5.10 Å². The molecule has 0 aliphatic rings. The van der Waals surface area contributed by atoms with E-state index in [2.05, 4.69) is 77.0 Å². The van der Waals surface area contributed by atoms with Crippen molar-refractivity contribution >= 4 is 60.8 Å². The minimum absolute atomic E-state index is 0.790. The van der Waals surface area contributed by atoms with E-state index in [0.29, 0.717) is 0 Å². The molecule has 0 amide bonds. The number of aromatic nitrogens is 1. The lowest BCUT2D eigenvalue weighted by Crippen LogP contribution is -2.24. The third kappa shape index (κ3) is 5.83. The van der Waals surface area contributed by atoms with Gasteiger partial charge in [0.1, 0.15) is 0 Å². The second-order valence-electron chi connectivity index (χ2n) is 7.33. The summed E-state index contributed by atoms with van der Waals surface area (Å²) in [6, 6.07) is 24.2. The standard InChI is InChI=1S/C25H25BrN6S/c1-3-32(17-16-26)22-14-12-21(13-15-22)29-28-20-10-8-19(9-11-20)18-27-30-25-31(2)23-6-4-5-7-24(23)33-25/h4-15,18H,3,16-17H2,1-2H3. The average molecular weight is 521 g/mol. The van der Waals surface area contributed by atoms with Crippen LogP contribution in [-0.2, 0) is 7.05 Å². The van der Waals surface area contributed by atoms with E-state index in [4.69, 9.17) is 0 Å². The van der Waals surface area contributed by atoms with E-state index in [0.717, 1.165) is 45.7 Å². The van der Waals surface area contributed by atoms with Crippen molar-refractivity contribution in [3.8, 4) is 0 Å². The Balaban J connectivity index is 1.41. The lowest BCUT2D eigenvalue weighted by Gasteiger charge is -2.21. The molecular weight excluding hydrogens is 496 g/mol. The fourth-order valence-electron chi connectivity index (χ4n) is 3.37. The summed E-state index contributed by atoms with van der Waals surface area (Å²) in [6.45, 7) is 4.10. The van der Waals surface area contributed by atoms with Gasteiger partial charge in [0.05, 0.1) is 27.8 Å². The summed E-state index contributed by atoms with van der Waals surface area (Å²) in [6.07, 6.45) is 1.75. The van der Waals surface area contributed by atoms with Crippen LogP contribution in [0.4, 0.5) is 17.1 Å². The Hall–Kier alpha value is -3.10. The zero-order chi connectivity index (χ0) is 23.0. The highest BCUT2D eigenvalue weighted by Gasteiger charge is 2.03. The first kappa shape index (κ1) is 23.1. The molecule has 168 valence electrons. The van der Waals surface area contributed by atoms with Crippen LogP contribution in [0.3, 0.4) is 0 Å². The first-order valence-electron chi connectivity index (χ1n) is 10.7. The van der Waals surface area contributed by atoms with Crippen LogP contribution in [0.25, 0.3) is 10.2 Å². The summed E-state index contributed by atoms with van der Waals surface area (Å²) in [5.74, 6) is 0. The topological polar surface area (TPSA) is 57.6 Å². The van der Waals surface area contributed by atoms with Crippen LogP contribution < -0.4 is 9.70 Å². The molecule has 0 fully saturated rings. The van der Waals surface area contributed by atoms with Crippen molar-refractivity contribution < 1.29 is 0 Å². The number of thiazole rings is 1. The first-order chi connectivity index (χ1) is 16.2. The number of para-hydroxylation sites is 1. The van der Waals surface area contributed by atoms with Crippen molar-refractivity contribution in [2.75, 3.05) is 23.3 Å². The van der Waals surface area contributed by atoms with Gasteiger partial charge in [-0.2, -0.15) is 15.3 Å². The summed E-state index contributed by atoms with van der Waals surface area (Å²) >= 11 is 5.13. The molecule has 3 aromatic carbocycles. The number of rotatable bonds is 8. The number of anilines is 1. The van der Waals surface area contributed by atoms with Gasteiger partial charge >= 0.3 is 0 Å². The number of alkyl halides is 1. The lowest BCUT2D eigenvalue weighted by molar-refractivity contribution is 0.875. The van der Waals surface area contributed by atoms with Crippen molar-refractivity contribution in [2.24, 2.45) is 27.5 Å². The number of halogens is 1. The van der Waals surface area contributed by atoms with Gasteiger partial charge in [0.15, 0.2) is 0 Å². The number of fused-ring (bicyclic) bond motifs is 1. The molecule has 0 aliphatic carbocycles. The number of nitrogens with zero attached hydrogens (tertiary/aromatic N) is 6. The normalized spacial score (nSPS) is 12.4. The van der Waals surface area contributed by atoms with Crippen LogP contribution in [-0.4, -0.2) is 29.2 Å². The number of benzene rings is 3. The molecule has 33 heavy (non-hydrogen) atoms. The van der Waals surface area contributed by atoms with Crippen molar-refractivity contribution in [2.45, 2.75) is 6.92 Å². The van der Waals surface area contributed by atoms with Crippen molar-refractivity contribution in [1.29, 1.82) is 0 Å². The molecule has 0 aliphatic heterocycles. The fourth-order valence-corrected chi connectivity index (χ4v) is 4.77. The Morgan fingerprint density at radius 3 is 2.24 bits per heavy atom. The summed E-state index contributed by atoms with van der Waals surface area (Å²) in [4.78, 5) is 3.17. The summed E-state index contributed by atoms with van der Waals surface area (Å²) < 4.78 is 3.24. The molecule has 0 radical (unpaired) electrons. The second-order valence-corrected chi connectivity index (χ2v) is 9.13. The van der Waals surface area contributed by atoms with Crippen LogP contribution in [0.2, 0.25) is 0 Å². The zero-order valence-electron chi connectivity index (χ0n) is 18.6. The fraction of sp³-hybridized carbons (Fsp3) is 0.200. The molecule has 8 heteroatoms. The van der Waals surface area contributed by atoms with Crippen molar-refractivity contribution in [3.05, 3.63) is 83.2 Å². The van der Waals surface area contributed by atoms with Gasteiger partial charge in [0.2, 0.25) is 4.80 Å².